The number of hydrogen-bond acceptors (Lipinski definition) is 4. The van der Waals surface area contributed by atoms with Gasteiger partial charge in [0.05, 0.1) is 6.67 Å². The van der Waals surface area contributed by atoms with Gasteiger partial charge in [0.1, 0.15) is 6.33 Å². The Bertz CT molecular complexity index is 938. The minimum atomic E-state index is 0.739. The molecule has 1 saturated heterocycles. The smallest absolute Gasteiger partial charge is 0.203 e. The van der Waals surface area contributed by atoms with E-state index in [1.54, 1.807) is 0 Å². The van der Waals surface area contributed by atoms with Crippen LogP contribution < -0.4 is 0 Å². The Kier molecular flexibility index (Phi) is 5.48. The minimum Gasteiger partial charge on any atom is -0.297 e. The number of benzene rings is 2. The highest BCUT2D eigenvalue weighted by atomic mass is 32.1. The standard InChI is InChI=1S/C21H25N5S/c1-18-6-5-7-19(14-18)15-23-10-12-24(13-11-23)17-26-21(27)25(16-22-26)20-8-3-2-4-9-20/h2-9,14,16H,10-13,15,17H2,1H3. The Morgan fingerprint density at radius 1 is 0.926 bits per heavy atom. The molecular formula is C21H25N5S. The van der Waals surface area contributed by atoms with Crippen molar-refractivity contribution in [2.24, 2.45) is 0 Å². The second-order valence-electron chi connectivity index (χ2n) is 7.14. The van der Waals surface area contributed by atoms with E-state index in [-0.39, 0.29) is 0 Å². The summed E-state index contributed by atoms with van der Waals surface area (Å²) in [5, 5.41) is 4.50. The Labute approximate surface area is 165 Å². The zero-order valence-corrected chi connectivity index (χ0v) is 16.5. The normalized spacial score (nSPS) is 15.9. The van der Waals surface area contributed by atoms with Crippen molar-refractivity contribution < 1.29 is 0 Å². The van der Waals surface area contributed by atoms with Gasteiger partial charge in [-0.05, 0) is 36.8 Å². The van der Waals surface area contributed by atoms with E-state index in [1.165, 1.54) is 11.1 Å². The number of aromatic nitrogens is 3. The first-order chi connectivity index (χ1) is 13.2. The maximum Gasteiger partial charge on any atom is 0.203 e. The average molecular weight is 380 g/mol. The molecule has 1 aromatic heterocycles. The van der Waals surface area contributed by atoms with Gasteiger partial charge in [-0.2, -0.15) is 5.10 Å². The van der Waals surface area contributed by atoms with E-state index in [0.717, 1.165) is 49.9 Å². The molecule has 1 aliphatic rings. The number of aryl methyl sites for hydroxylation is 1. The molecule has 2 aromatic carbocycles. The van der Waals surface area contributed by atoms with Crippen LogP contribution in [-0.4, -0.2) is 50.3 Å². The van der Waals surface area contributed by atoms with Crippen LogP contribution in [0, 0.1) is 11.7 Å². The van der Waals surface area contributed by atoms with Gasteiger partial charge in [0, 0.05) is 38.4 Å². The molecule has 2 heterocycles. The van der Waals surface area contributed by atoms with Gasteiger partial charge < -0.3 is 0 Å². The topological polar surface area (TPSA) is 29.2 Å². The Morgan fingerprint density at radius 2 is 1.67 bits per heavy atom. The van der Waals surface area contributed by atoms with Crippen molar-refractivity contribution in [2.75, 3.05) is 26.2 Å². The van der Waals surface area contributed by atoms with Gasteiger partial charge in [0.25, 0.3) is 0 Å². The molecule has 0 unspecified atom stereocenters. The number of para-hydroxylation sites is 1. The molecule has 3 aromatic rings. The Balaban J connectivity index is 1.35. The van der Waals surface area contributed by atoms with Crippen LogP contribution in [-0.2, 0) is 13.2 Å². The molecule has 0 amide bonds. The van der Waals surface area contributed by atoms with Crippen LogP contribution in [0.4, 0.5) is 0 Å². The summed E-state index contributed by atoms with van der Waals surface area (Å²) in [5.41, 5.74) is 3.78. The van der Waals surface area contributed by atoms with E-state index in [4.69, 9.17) is 12.2 Å². The van der Waals surface area contributed by atoms with Crippen LogP contribution >= 0.6 is 12.2 Å². The highest BCUT2D eigenvalue weighted by Gasteiger charge is 2.18. The largest absolute Gasteiger partial charge is 0.297 e. The Hall–Kier alpha value is -2.28. The maximum atomic E-state index is 5.62. The van der Waals surface area contributed by atoms with Crippen molar-refractivity contribution in [1.29, 1.82) is 0 Å². The summed E-state index contributed by atoms with van der Waals surface area (Å²) in [4.78, 5) is 4.94. The summed E-state index contributed by atoms with van der Waals surface area (Å²) < 4.78 is 4.62. The van der Waals surface area contributed by atoms with E-state index >= 15 is 0 Å². The highest BCUT2D eigenvalue weighted by Crippen LogP contribution is 2.12. The molecule has 5 nitrogen and oxygen atoms in total. The van der Waals surface area contributed by atoms with Crippen molar-refractivity contribution in [3.8, 4) is 5.69 Å². The van der Waals surface area contributed by atoms with Gasteiger partial charge >= 0.3 is 0 Å². The monoisotopic (exact) mass is 379 g/mol. The van der Waals surface area contributed by atoms with Crippen LogP contribution in [0.15, 0.2) is 60.9 Å². The zero-order chi connectivity index (χ0) is 18.6. The van der Waals surface area contributed by atoms with Crippen molar-refractivity contribution in [2.45, 2.75) is 20.1 Å². The lowest BCUT2D eigenvalue weighted by molar-refractivity contribution is 0.0981. The van der Waals surface area contributed by atoms with Crippen LogP contribution in [0.3, 0.4) is 0 Å². The molecule has 6 heteroatoms. The molecule has 0 atom stereocenters. The summed E-state index contributed by atoms with van der Waals surface area (Å²) in [7, 11) is 0. The van der Waals surface area contributed by atoms with Gasteiger partial charge in [0.2, 0.25) is 4.77 Å². The lowest BCUT2D eigenvalue weighted by Gasteiger charge is -2.34. The lowest BCUT2D eigenvalue weighted by atomic mass is 10.1. The fourth-order valence-electron chi connectivity index (χ4n) is 3.55. The van der Waals surface area contributed by atoms with Gasteiger partial charge in [-0.15, -0.1) is 0 Å². The molecule has 0 saturated carbocycles. The molecule has 4 rings (SSSR count). The van der Waals surface area contributed by atoms with E-state index in [2.05, 4.69) is 46.1 Å². The van der Waals surface area contributed by atoms with Gasteiger partial charge in [-0.25, -0.2) is 4.68 Å². The molecule has 0 radical (unpaired) electrons. The maximum absolute atomic E-state index is 5.62. The first-order valence-corrected chi connectivity index (χ1v) is 9.80. The van der Waals surface area contributed by atoms with Crippen molar-refractivity contribution >= 4 is 12.2 Å². The van der Waals surface area contributed by atoms with Gasteiger partial charge in [-0.1, -0.05) is 48.0 Å². The van der Waals surface area contributed by atoms with Crippen molar-refractivity contribution in [3.05, 3.63) is 76.8 Å². The third-order valence-corrected chi connectivity index (χ3v) is 5.46. The number of rotatable bonds is 5. The molecule has 1 aliphatic heterocycles. The zero-order valence-electron chi connectivity index (χ0n) is 15.7. The summed E-state index contributed by atoms with van der Waals surface area (Å²) in [6.07, 6.45) is 1.81. The van der Waals surface area contributed by atoms with E-state index in [0.29, 0.717) is 0 Å². The lowest BCUT2D eigenvalue weighted by Crippen LogP contribution is -2.46. The fourth-order valence-corrected chi connectivity index (χ4v) is 3.80. The minimum absolute atomic E-state index is 0.739. The van der Waals surface area contributed by atoms with Crippen LogP contribution in [0.5, 0.6) is 0 Å². The first kappa shape index (κ1) is 18.1. The SMILES string of the molecule is Cc1cccc(CN2CCN(Cn3ncn(-c4ccccc4)c3=S)CC2)c1. The van der Waals surface area contributed by atoms with E-state index in [1.807, 2.05) is 45.9 Å². The second kappa shape index (κ2) is 8.17. The van der Waals surface area contributed by atoms with Gasteiger partial charge in [0.15, 0.2) is 0 Å². The van der Waals surface area contributed by atoms with Crippen LogP contribution in [0.1, 0.15) is 11.1 Å². The quantitative estimate of drug-likeness (QED) is 0.635. The molecule has 1 fully saturated rings. The number of piperazine rings is 1. The summed E-state index contributed by atoms with van der Waals surface area (Å²) in [6, 6.07) is 18.9. The van der Waals surface area contributed by atoms with Crippen LogP contribution in [0.2, 0.25) is 0 Å². The van der Waals surface area contributed by atoms with E-state index in [9.17, 15) is 0 Å². The number of nitrogens with zero attached hydrogens (tertiary/aromatic N) is 5. The van der Waals surface area contributed by atoms with Crippen LogP contribution in [0.25, 0.3) is 5.69 Å². The second-order valence-corrected chi connectivity index (χ2v) is 7.51. The summed E-state index contributed by atoms with van der Waals surface area (Å²) in [5.74, 6) is 0. The molecule has 27 heavy (non-hydrogen) atoms. The molecule has 140 valence electrons. The van der Waals surface area contributed by atoms with E-state index < -0.39 is 0 Å². The predicted molar refractivity (Wildman–Crippen MR) is 110 cm³/mol. The highest BCUT2D eigenvalue weighted by molar-refractivity contribution is 7.71. The van der Waals surface area contributed by atoms with Crippen molar-refractivity contribution in [1.82, 2.24) is 24.1 Å². The molecule has 0 spiro atoms. The fraction of sp³-hybridized carbons (Fsp3) is 0.333. The average Bonchev–Trinajstić information content (AvgIpc) is 3.04. The Morgan fingerprint density at radius 3 is 2.41 bits per heavy atom. The third kappa shape index (κ3) is 4.35. The molecule has 0 N–H and O–H groups in total. The molecule has 0 bridgehead atoms. The molecular weight excluding hydrogens is 354 g/mol. The van der Waals surface area contributed by atoms with Gasteiger partial charge in [-0.3, -0.25) is 14.4 Å². The molecule has 0 aliphatic carbocycles. The third-order valence-electron chi connectivity index (χ3n) is 5.06. The number of hydrogen-bond donors (Lipinski definition) is 0. The summed E-state index contributed by atoms with van der Waals surface area (Å²) in [6.45, 7) is 8.13. The first-order valence-electron chi connectivity index (χ1n) is 9.39. The predicted octanol–water partition coefficient (Wildman–Crippen LogP) is 3.49. The van der Waals surface area contributed by atoms with Crippen molar-refractivity contribution in [3.63, 3.8) is 0 Å². The summed E-state index contributed by atoms with van der Waals surface area (Å²) >= 11 is 5.62.